The minimum Gasteiger partial charge on any atom is -0.230 e. The van der Waals surface area contributed by atoms with Crippen molar-refractivity contribution in [3.05, 3.63) is 26.8 Å². The first-order valence-electron chi connectivity index (χ1n) is 21.0. The lowest BCUT2D eigenvalue weighted by molar-refractivity contribution is 0.529. The molecule has 1 rings (SSSR count). The van der Waals surface area contributed by atoms with E-state index >= 15 is 0 Å². The van der Waals surface area contributed by atoms with E-state index in [4.69, 9.17) is 5.14 Å². The van der Waals surface area contributed by atoms with Crippen LogP contribution in [0.25, 0.3) is 0 Å². The molecular weight excluding hydrogens is 741 g/mol. The molecule has 0 aliphatic heterocycles. The average molecular weight is 820 g/mol. The second-order valence-corrected chi connectivity index (χ2v) is 18.8. The third-order valence-corrected chi connectivity index (χ3v) is 13.7. The van der Waals surface area contributed by atoms with Crippen molar-refractivity contribution >= 4 is 29.8 Å². The second kappa shape index (κ2) is 32.1. The van der Waals surface area contributed by atoms with Crippen LogP contribution in [-0.2, 0) is 29.0 Å². The molecule has 49 heavy (non-hydrogen) atoms. The van der Waals surface area contributed by atoms with Gasteiger partial charge in [-0.15, -0.1) is 0 Å². The molecular formula is C42H78INO4S. The van der Waals surface area contributed by atoms with Gasteiger partial charge in [-0.2, -0.15) is 0 Å². The van der Waals surface area contributed by atoms with E-state index in [0.29, 0.717) is 12.0 Å². The van der Waals surface area contributed by atoms with Gasteiger partial charge in [0.1, 0.15) is 4.90 Å². The van der Waals surface area contributed by atoms with E-state index in [1.54, 1.807) is 0 Å². The number of halogens is 1. The predicted molar refractivity (Wildman–Crippen MR) is 218 cm³/mol. The van der Waals surface area contributed by atoms with Gasteiger partial charge in [-0.25, -0.2) is 19.7 Å². The van der Waals surface area contributed by atoms with Crippen LogP contribution in [0.4, 0.5) is 0 Å². The quantitative estimate of drug-likeness (QED) is 0.0539. The van der Waals surface area contributed by atoms with Crippen molar-refractivity contribution < 1.29 is 14.6 Å². The molecule has 0 unspecified atom stereocenters. The van der Waals surface area contributed by atoms with Crippen molar-refractivity contribution in [2.75, 3.05) is 0 Å². The zero-order valence-corrected chi connectivity index (χ0v) is 35.2. The lowest BCUT2D eigenvalue weighted by Gasteiger charge is -2.12. The summed E-state index contributed by atoms with van der Waals surface area (Å²) in [6.45, 7) is 4.54. The molecule has 0 fully saturated rings. The van der Waals surface area contributed by atoms with Crippen molar-refractivity contribution in [1.82, 2.24) is 0 Å². The highest BCUT2D eigenvalue weighted by Gasteiger charge is 2.22. The zero-order valence-electron chi connectivity index (χ0n) is 32.2. The number of primary sulfonamides is 1. The lowest BCUT2D eigenvalue weighted by atomic mass is 9.99. The molecule has 0 spiro atoms. The Morgan fingerprint density at radius 2 is 0.735 bits per heavy atom. The van der Waals surface area contributed by atoms with E-state index in [-0.39, 0.29) is 8.47 Å². The third kappa shape index (κ3) is 26.0. The number of benzene rings is 1. The highest BCUT2D eigenvalue weighted by atomic mass is 127. The van der Waals surface area contributed by atoms with E-state index < -0.39 is 29.8 Å². The Morgan fingerprint density at radius 1 is 0.449 bits per heavy atom. The molecule has 288 valence electrons. The van der Waals surface area contributed by atoms with Gasteiger partial charge in [0.15, 0.2) is 0 Å². The molecule has 1 aromatic rings. The summed E-state index contributed by atoms with van der Waals surface area (Å²) in [5, 5.41) is 5.53. The maximum absolute atomic E-state index is 12.4. The summed E-state index contributed by atoms with van der Waals surface area (Å²) in [6, 6.07) is 3.49. The molecule has 5 nitrogen and oxygen atoms in total. The Hall–Kier alpha value is -0.540. The predicted octanol–water partition coefficient (Wildman–Crippen LogP) is 14.3. The SMILES string of the molecule is CCCCCCCCCCCCCCCCCCc1cc(CCCCCCCCCCCCCCCCCC)c(I(=O)=O)c(S(N)(=O)=O)c1. The van der Waals surface area contributed by atoms with Crippen LogP contribution >= 0.6 is 19.8 Å². The van der Waals surface area contributed by atoms with Gasteiger partial charge in [-0.3, -0.25) is 0 Å². The van der Waals surface area contributed by atoms with Gasteiger partial charge >= 0.3 is 19.8 Å². The molecule has 0 aliphatic rings. The van der Waals surface area contributed by atoms with Crippen LogP contribution in [0.2, 0.25) is 0 Å². The highest BCUT2D eigenvalue weighted by Crippen LogP contribution is 2.32. The van der Waals surface area contributed by atoms with Gasteiger partial charge in [-0.1, -0.05) is 213 Å². The van der Waals surface area contributed by atoms with Crippen LogP contribution in [0, 0.1) is 3.57 Å². The first-order valence-corrected chi connectivity index (χ1v) is 25.4. The topological polar surface area (TPSA) is 94.3 Å². The Balaban J connectivity index is 2.30. The zero-order chi connectivity index (χ0) is 35.8. The Kier molecular flexibility index (Phi) is 30.5. The molecule has 0 amide bonds. The minimum atomic E-state index is -4.11. The molecule has 1 aromatic carbocycles. The van der Waals surface area contributed by atoms with Crippen LogP contribution in [0.15, 0.2) is 17.0 Å². The average Bonchev–Trinajstić information content (AvgIpc) is 3.07. The number of sulfonamides is 1. The van der Waals surface area contributed by atoms with Gasteiger partial charge in [0.2, 0.25) is 10.0 Å². The third-order valence-electron chi connectivity index (χ3n) is 10.3. The lowest BCUT2D eigenvalue weighted by Crippen LogP contribution is -2.16. The number of rotatable bonds is 36. The summed E-state index contributed by atoms with van der Waals surface area (Å²) in [4.78, 5) is -0.178. The number of hydrogen-bond donors (Lipinski definition) is 1. The van der Waals surface area contributed by atoms with Crippen LogP contribution in [0.1, 0.15) is 230 Å². The fourth-order valence-corrected chi connectivity index (χ4v) is 10.8. The minimum absolute atomic E-state index is 0.00313. The number of aryl methyl sites for hydroxylation is 2. The van der Waals surface area contributed by atoms with Crippen LogP contribution in [0.3, 0.4) is 0 Å². The van der Waals surface area contributed by atoms with E-state index in [9.17, 15) is 14.6 Å². The summed E-state index contributed by atoms with van der Waals surface area (Å²) in [7, 11) is -4.11. The van der Waals surface area contributed by atoms with Gasteiger partial charge in [0, 0.05) is 0 Å². The van der Waals surface area contributed by atoms with Crippen LogP contribution in [0.5, 0.6) is 0 Å². The normalized spacial score (nSPS) is 12.0. The summed E-state index contributed by atoms with van der Waals surface area (Å²) < 4.78 is 49.5. The highest BCUT2D eigenvalue weighted by molar-refractivity contribution is 14.2. The molecule has 0 bridgehead atoms. The van der Waals surface area contributed by atoms with Gasteiger partial charge in [-0.05, 0) is 42.9 Å². The van der Waals surface area contributed by atoms with Crippen LogP contribution in [-0.4, -0.2) is 8.42 Å². The summed E-state index contributed by atoms with van der Waals surface area (Å²) in [6.07, 6.45) is 43.0. The molecule has 0 radical (unpaired) electrons. The molecule has 7 heteroatoms. The van der Waals surface area contributed by atoms with E-state index in [1.165, 1.54) is 179 Å². The fourth-order valence-electron chi connectivity index (χ4n) is 7.17. The fraction of sp³-hybridized carbons (Fsp3) is 0.857. The number of hydrogen-bond acceptors (Lipinski definition) is 4. The van der Waals surface area contributed by atoms with Crippen molar-refractivity contribution in [2.24, 2.45) is 5.14 Å². The maximum atomic E-state index is 12.4. The smallest absolute Gasteiger partial charge is 0.230 e. The molecule has 0 atom stereocenters. The first-order chi connectivity index (χ1) is 23.8. The summed E-state index contributed by atoms with van der Waals surface area (Å²) >= 11 is -4.04. The van der Waals surface area contributed by atoms with Gasteiger partial charge in [0.25, 0.3) is 0 Å². The number of nitrogens with two attached hydrogens (primary N) is 1. The largest absolute Gasteiger partial charge is 0.342 e. The molecule has 0 aliphatic carbocycles. The van der Waals surface area contributed by atoms with Crippen molar-refractivity contribution in [3.63, 3.8) is 0 Å². The standard InChI is InChI=1S/C42H78INO4S/c1-3-5-7-9-11-13-15-17-19-21-23-25-27-29-31-33-35-39-37-40(42(43(45)46)41(38-39)49(44,47)48)36-34-32-30-28-26-24-22-20-18-16-14-12-10-8-6-4-2/h37-38H,3-36H2,1-2H3,(H2,44,47,48). The first kappa shape index (κ1) is 46.5. The van der Waals surface area contributed by atoms with E-state index in [2.05, 4.69) is 13.8 Å². The summed E-state index contributed by atoms with van der Waals surface area (Å²) in [5.74, 6) is 0. The van der Waals surface area contributed by atoms with E-state index in [1.807, 2.05) is 6.07 Å². The maximum Gasteiger partial charge on any atom is 0.342 e. The number of unbranched alkanes of at least 4 members (excludes halogenated alkanes) is 30. The second-order valence-electron chi connectivity index (χ2n) is 14.9. The summed E-state index contributed by atoms with van der Waals surface area (Å²) in [5.41, 5.74) is 1.57. The van der Waals surface area contributed by atoms with Gasteiger partial charge < -0.3 is 0 Å². The molecule has 0 saturated carbocycles. The molecule has 0 saturated heterocycles. The van der Waals surface area contributed by atoms with Gasteiger partial charge in [0.05, 0.1) is 3.57 Å². The van der Waals surface area contributed by atoms with Crippen molar-refractivity contribution in [2.45, 2.75) is 237 Å². The molecule has 2 N–H and O–H groups in total. The van der Waals surface area contributed by atoms with Crippen molar-refractivity contribution in [1.29, 1.82) is 0 Å². The van der Waals surface area contributed by atoms with Crippen molar-refractivity contribution in [3.8, 4) is 0 Å². The molecule has 0 heterocycles. The monoisotopic (exact) mass is 819 g/mol. The molecule has 0 aromatic heterocycles. The van der Waals surface area contributed by atoms with E-state index in [0.717, 1.165) is 44.1 Å². The Bertz CT molecular complexity index is 1090. The Morgan fingerprint density at radius 3 is 1.02 bits per heavy atom. The Labute approximate surface area is 311 Å². The van der Waals surface area contributed by atoms with Crippen LogP contribution < -0.4 is 5.14 Å².